The predicted molar refractivity (Wildman–Crippen MR) is 130 cm³/mol. The highest BCUT2D eigenvalue weighted by molar-refractivity contribution is 7.14. The molecule has 176 valence electrons. The van der Waals surface area contributed by atoms with E-state index < -0.39 is 5.91 Å². The number of aromatic nitrogens is 1. The highest BCUT2D eigenvalue weighted by Gasteiger charge is 2.21. The lowest BCUT2D eigenvalue weighted by molar-refractivity contribution is -0.117. The zero-order valence-electron chi connectivity index (χ0n) is 18.8. The first kappa shape index (κ1) is 23.2. The Hall–Kier alpha value is -3.92. The van der Waals surface area contributed by atoms with Gasteiger partial charge in [0.2, 0.25) is 11.8 Å². The summed E-state index contributed by atoms with van der Waals surface area (Å²) in [6.07, 6.45) is 1.38. The number of amides is 3. The van der Waals surface area contributed by atoms with Crippen LogP contribution in [0.1, 0.15) is 23.2 Å². The van der Waals surface area contributed by atoms with Gasteiger partial charge >= 0.3 is 0 Å². The van der Waals surface area contributed by atoms with Crippen LogP contribution in [0.4, 0.5) is 10.8 Å². The maximum absolute atomic E-state index is 12.4. The Balaban J connectivity index is 1.33. The van der Waals surface area contributed by atoms with Gasteiger partial charge in [-0.05, 0) is 48.9 Å². The number of nitrogens with zero attached hydrogens (tertiary/aromatic N) is 2. The Morgan fingerprint density at radius 3 is 2.59 bits per heavy atom. The highest BCUT2D eigenvalue weighted by atomic mass is 32.1. The number of nitrogens with one attached hydrogen (secondary N) is 2. The molecule has 1 aromatic heterocycles. The zero-order chi connectivity index (χ0) is 24.1. The summed E-state index contributed by atoms with van der Waals surface area (Å²) in [6.45, 7) is 0.482. The molecule has 1 aliphatic rings. The second-order valence-corrected chi connectivity index (χ2v) is 8.39. The van der Waals surface area contributed by atoms with Crippen LogP contribution < -0.4 is 25.0 Å². The Kier molecular flexibility index (Phi) is 7.07. The molecule has 3 amide bonds. The molecule has 0 bridgehead atoms. The summed E-state index contributed by atoms with van der Waals surface area (Å²) in [5.74, 6) is 0.610. The molecule has 34 heavy (non-hydrogen) atoms. The molecular weight excluding hydrogens is 456 g/mol. The molecule has 0 spiro atoms. The number of anilines is 2. The number of thiazole rings is 1. The Morgan fingerprint density at radius 2 is 1.91 bits per heavy atom. The second-order valence-electron chi connectivity index (χ2n) is 7.53. The first-order valence-electron chi connectivity index (χ1n) is 10.6. The molecule has 1 aliphatic heterocycles. The van der Waals surface area contributed by atoms with E-state index in [2.05, 4.69) is 15.6 Å². The SMILES string of the molecule is COc1ccc(OC)c(-c2csc(NC(=O)CNC(=O)c3ccc(N4CCCC4=O)cc3)n2)c1. The molecule has 0 saturated carbocycles. The third kappa shape index (κ3) is 5.18. The summed E-state index contributed by atoms with van der Waals surface area (Å²) in [7, 11) is 3.15. The van der Waals surface area contributed by atoms with Gasteiger partial charge in [0.25, 0.3) is 5.91 Å². The molecule has 1 saturated heterocycles. The van der Waals surface area contributed by atoms with Crippen molar-refractivity contribution in [2.24, 2.45) is 0 Å². The van der Waals surface area contributed by atoms with Crippen molar-refractivity contribution in [3.63, 3.8) is 0 Å². The molecule has 0 unspecified atom stereocenters. The minimum absolute atomic E-state index is 0.0871. The number of hydrogen-bond acceptors (Lipinski definition) is 7. The van der Waals surface area contributed by atoms with Crippen LogP contribution in [-0.2, 0) is 9.59 Å². The van der Waals surface area contributed by atoms with Crippen molar-refractivity contribution in [1.82, 2.24) is 10.3 Å². The van der Waals surface area contributed by atoms with Crippen molar-refractivity contribution in [2.45, 2.75) is 12.8 Å². The van der Waals surface area contributed by atoms with Crippen LogP contribution >= 0.6 is 11.3 Å². The third-order valence-corrected chi connectivity index (χ3v) is 6.11. The van der Waals surface area contributed by atoms with Crippen LogP contribution in [0.5, 0.6) is 11.5 Å². The number of methoxy groups -OCH3 is 2. The van der Waals surface area contributed by atoms with Crippen molar-refractivity contribution in [2.75, 3.05) is 37.5 Å². The topological polar surface area (TPSA) is 110 Å². The molecule has 3 aromatic rings. The minimum atomic E-state index is -0.397. The van der Waals surface area contributed by atoms with Crippen LogP contribution in [0.25, 0.3) is 11.3 Å². The van der Waals surface area contributed by atoms with E-state index in [0.717, 1.165) is 17.7 Å². The van der Waals surface area contributed by atoms with Gasteiger partial charge in [-0.15, -0.1) is 11.3 Å². The number of rotatable bonds is 8. The molecule has 2 aromatic carbocycles. The van der Waals surface area contributed by atoms with Crippen LogP contribution in [-0.4, -0.2) is 50.0 Å². The summed E-state index contributed by atoms with van der Waals surface area (Å²) in [4.78, 5) is 42.7. The van der Waals surface area contributed by atoms with Gasteiger partial charge in [-0.25, -0.2) is 4.98 Å². The fourth-order valence-corrected chi connectivity index (χ4v) is 4.34. The average Bonchev–Trinajstić information content (AvgIpc) is 3.51. The molecule has 9 nitrogen and oxygen atoms in total. The van der Waals surface area contributed by atoms with Crippen LogP contribution in [0.2, 0.25) is 0 Å². The van der Waals surface area contributed by atoms with Crippen LogP contribution in [0, 0.1) is 0 Å². The molecule has 10 heteroatoms. The second kappa shape index (κ2) is 10.3. The fraction of sp³-hybridized carbons (Fsp3) is 0.250. The third-order valence-electron chi connectivity index (χ3n) is 5.36. The molecule has 2 heterocycles. The van der Waals surface area contributed by atoms with E-state index in [0.29, 0.717) is 40.9 Å². The van der Waals surface area contributed by atoms with Crippen LogP contribution in [0.15, 0.2) is 47.8 Å². The fourth-order valence-electron chi connectivity index (χ4n) is 3.61. The molecule has 4 rings (SSSR count). The van der Waals surface area contributed by atoms with E-state index in [1.807, 2.05) is 6.07 Å². The van der Waals surface area contributed by atoms with Gasteiger partial charge in [0.15, 0.2) is 5.13 Å². The van der Waals surface area contributed by atoms with E-state index >= 15 is 0 Å². The number of hydrogen-bond donors (Lipinski definition) is 2. The number of carbonyl (C=O) groups is 3. The minimum Gasteiger partial charge on any atom is -0.497 e. The van der Waals surface area contributed by atoms with Gasteiger partial charge < -0.3 is 25.0 Å². The first-order chi connectivity index (χ1) is 16.5. The van der Waals surface area contributed by atoms with Gasteiger partial charge in [0.1, 0.15) is 11.5 Å². The van der Waals surface area contributed by atoms with Crippen molar-refractivity contribution < 1.29 is 23.9 Å². The standard InChI is InChI=1S/C24H24N4O5S/c1-32-17-9-10-20(33-2)18(12-17)19-14-34-24(26-19)27-21(29)13-25-23(31)15-5-7-16(8-6-15)28-11-3-4-22(28)30/h5-10,12,14H,3-4,11,13H2,1-2H3,(H,25,31)(H,26,27,29). The van der Waals surface area contributed by atoms with Gasteiger partial charge in [0.05, 0.1) is 26.5 Å². The van der Waals surface area contributed by atoms with Crippen molar-refractivity contribution in [3.05, 3.63) is 53.4 Å². The molecule has 0 aliphatic carbocycles. The van der Waals surface area contributed by atoms with Gasteiger partial charge in [0, 0.05) is 35.2 Å². The lowest BCUT2D eigenvalue weighted by Gasteiger charge is -2.15. The summed E-state index contributed by atoms with van der Waals surface area (Å²) >= 11 is 1.27. The van der Waals surface area contributed by atoms with Gasteiger partial charge in [-0.1, -0.05) is 0 Å². The Morgan fingerprint density at radius 1 is 1.12 bits per heavy atom. The molecule has 2 N–H and O–H groups in total. The molecule has 1 fully saturated rings. The zero-order valence-corrected chi connectivity index (χ0v) is 19.6. The largest absolute Gasteiger partial charge is 0.497 e. The van der Waals surface area contributed by atoms with E-state index in [9.17, 15) is 14.4 Å². The van der Waals surface area contributed by atoms with E-state index in [4.69, 9.17) is 9.47 Å². The maximum atomic E-state index is 12.4. The lowest BCUT2D eigenvalue weighted by atomic mass is 10.1. The first-order valence-corrected chi connectivity index (χ1v) is 11.5. The Labute approximate surface area is 200 Å². The average molecular weight is 481 g/mol. The predicted octanol–water partition coefficient (Wildman–Crippen LogP) is 3.32. The molecular formula is C24H24N4O5S. The number of ether oxygens (including phenoxy) is 2. The summed E-state index contributed by atoms with van der Waals surface area (Å²) in [5.41, 5.74) is 2.55. The number of benzene rings is 2. The van der Waals surface area contributed by atoms with Crippen molar-refractivity contribution in [3.8, 4) is 22.8 Å². The quantitative estimate of drug-likeness (QED) is 0.512. The van der Waals surface area contributed by atoms with Crippen LogP contribution in [0.3, 0.4) is 0 Å². The van der Waals surface area contributed by atoms with Crippen molar-refractivity contribution >= 4 is 39.9 Å². The summed E-state index contributed by atoms with van der Waals surface area (Å²) < 4.78 is 10.7. The van der Waals surface area contributed by atoms with E-state index in [1.165, 1.54) is 11.3 Å². The smallest absolute Gasteiger partial charge is 0.251 e. The summed E-state index contributed by atoms with van der Waals surface area (Å²) in [5, 5.41) is 7.50. The highest BCUT2D eigenvalue weighted by Crippen LogP contribution is 2.35. The lowest BCUT2D eigenvalue weighted by Crippen LogP contribution is -2.32. The number of carbonyl (C=O) groups excluding carboxylic acids is 3. The maximum Gasteiger partial charge on any atom is 0.251 e. The van der Waals surface area contributed by atoms with Crippen molar-refractivity contribution in [1.29, 1.82) is 0 Å². The molecule has 0 radical (unpaired) electrons. The molecule has 0 atom stereocenters. The van der Waals surface area contributed by atoms with Gasteiger partial charge in [-0.2, -0.15) is 0 Å². The van der Waals surface area contributed by atoms with E-state index in [-0.39, 0.29) is 18.4 Å². The Bertz CT molecular complexity index is 1210. The normalized spacial score (nSPS) is 13.0. The monoisotopic (exact) mass is 480 g/mol. The van der Waals surface area contributed by atoms with E-state index in [1.54, 1.807) is 60.9 Å². The van der Waals surface area contributed by atoms with Gasteiger partial charge in [-0.3, -0.25) is 14.4 Å². The summed E-state index contributed by atoms with van der Waals surface area (Å²) in [6, 6.07) is 12.1.